The molecule has 1 heterocycles. The van der Waals surface area contributed by atoms with E-state index in [1.807, 2.05) is 42.2 Å². The molecule has 1 fully saturated rings. The monoisotopic (exact) mass is 329 g/mol. The van der Waals surface area contributed by atoms with Crippen LogP contribution in [0, 0.1) is 11.3 Å². The van der Waals surface area contributed by atoms with Gasteiger partial charge in [-0.3, -0.25) is 9.59 Å². The van der Waals surface area contributed by atoms with E-state index >= 15 is 0 Å². The number of nitrogens with zero attached hydrogens (tertiary/aromatic N) is 1. The lowest BCUT2D eigenvalue weighted by Gasteiger charge is -2.32. The van der Waals surface area contributed by atoms with Crippen LogP contribution < -0.4 is 5.32 Å². The number of carbonyl (C=O) groups excluding carboxylic acids is 2. The van der Waals surface area contributed by atoms with Crippen molar-refractivity contribution in [2.45, 2.75) is 45.1 Å². The summed E-state index contributed by atoms with van der Waals surface area (Å²) in [4.78, 5) is 26.4. The smallest absolute Gasteiger partial charge is 0.223 e. The Labute approximate surface area is 143 Å². The molecule has 1 aliphatic heterocycles. The van der Waals surface area contributed by atoms with E-state index in [0.29, 0.717) is 38.8 Å². The zero-order valence-electron chi connectivity index (χ0n) is 14.3. The van der Waals surface area contributed by atoms with Gasteiger partial charge in [-0.25, -0.2) is 0 Å². The molecule has 1 aromatic carbocycles. The summed E-state index contributed by atoms with van der Waals surface area (Å²) < 4.78 is 0. The second kappa shape index (κ2) is 9.21. The van der Waals surface area contributed by atoms with Crippen LogP contribution in [0.1, 0.15) is 50.6 Å². The van der Waals surface area contributed by atoms with Crippen molar-refractivity contribution in [3.8, 4) is 0 Å². The molecule has 1 aliphatic rings. The molecule has 0 saturated carbocycles. The molecule has 130 valence electrons. The summed E-state index contributed by atoms with van der Waals surface area (Å²) in [5, 5.41) is 10.4. The summed E-state index contributed by atoms with van der Waals surface area (Å²) in [7, 11) is 0. The van der Waals surface area contributed by atoms with Gasteiger partial charge in [0.1, 0.15) is 0 Å². The van der Waals surface area contributed by atoms with Gasteiger partial charge in [0.25, 0.3) is 0 Å². The molecule has 1 saturated heterocycles. The summed E-state index contributed by atoms with van der Waals surface area (Å²) in [6, 6.07) is 9.61. The normalized spacial score (nSPS) is 16.5. The molecule has 2 N–H and O–H groups in total. The van der Waals surface area contributed by atoms with Gasteiger partial charge >= 0.3 is 0 Å². The van der Waals surface area contributed by atoms with Crippen LogP contribution in [0.5, 0.6) is 0 Å². The van der Waals surface area contributed by atoms with Crippen molar-refractivity contribution < 1.29 is 9.59 Å². The topological polar surface area (TPSA) is 73.3 Å². The highest BCUT2D eigenvalue weighted by molar-refractivity contribution is 5.80. The second-order valence-corrected chi connectivity index (χ2v) is 6.32. The molecule has 0 radical (unpaired) electrons. The van der Waals surface area contributed by atoms with Crippen molar-refractivity contribution in [2.24, 2.45) is 5.92 Å². The predicted molar refractivity (Wildman–Crippen MR) is 94.9 cm³/mol. The maximum absolute atomic E-state index is 12.6. The predicted octanol–water partition coefficient (Wildman–Crippen LogP) is 2.92. The molecule has 2 rings (SSSR count). The number of likely N-dealkylation sites (tertiary alicyclic amines) is 1. The number of hydrogen-bond donors (Lipinski definition) is 2. The summed E-state index contributed by atoms with van der Waals surface area (Å²) in [6.45, 7) is 3.33. The Morgan fingerprint density at radius 2 is 1.96 bits per heavy atom. The van der Waals surface area contributed by atoms with E-state index in [4.69, 9.17) is 5.41 Å². The Morgan fingerprint density at radius 3 is 2.54 bits per heavy atom. The molecule has 5 nitrogen and oxygen atoms in total. The average molecular weight is 329 g/mol. The van der Waals surface area contributed by atoms with Crippen LogP contribution in [-0.2, 0) is 9.59 Å². The van der Waals surface area contributed by atoms with Gasteiger partial charge in [0, 0.05) is 31.8 Å². The van der Waals surface area contributed by atoms with Crippen LogP contribution in [0.15, 0.2) is 30.3 Å². The molecule has 1 unspecified atom stereocenters. The van der Waals surface area contributed by atoms with Crippen molar-refractivity contribution in [2.75, 3.05) is 13.1 Å². The number of amides is 2. The molecule has 1 aromatic rings. The maximum Gasteiger partial charge on any atom is 0.223 e. The first-order valence-electron chi connectivity index (χ1n) is 8.77. The summed E-state index contributed by atoms with van der Waals surface area (Å²) >= 11 is 0. The lowest BCUT2D eigenvalue weighted by Crippen LogP contribution is -2.43. The molecule has 0 bridgehead atoms. The van der Waals surface area contributed by atoms with Crippen LogP contribution >= 0.6 is 0 Å². The van der Waals surface area contributed by atoms with Crippen LogP contribution in [0.25, 0.3) is 0 Å². The Kier molecular flexibility index (Phi) is 6.97. The largest absolute Gasteiger partial charge is 0.349 e. The van der Waals surface area contributed by atoms with E-state index in [9.17, 15) is 9.59 Å². The highest BCUT2D eigenvalue weighted by atomic mass is 16.2. The first kappa shape index (κ1) is 18.2. The number of piperidine rings is 1. The highest BCUT2D eigenvalue weighted by Gasteiger charge is 2.28. The van der Waals surface area contributed by atoms with Gasteiger partial charge in [0.15, 0.2) is 0 Å². The van der Waals surface area contributed by atoms with Gasteiger partial charge in [-0.15, -0.1) is 0 Å². The minimum atomic E-state index is -0.157. The average Bonchev–Trinajstić information content (AvgIpc) is 2.62. The number of benzene rings is 1. The van der Waals surface area contributed by atoms with Gasteiger partial charge in [-0.1, -0.05) is 37.3 Å². The number of rotatable bonds is 7. The lowest BCUT2D eigenvalue weighted by molar-refractivity contribution is -0.135. The third-order valence-electron chi connectivity index (χ3n) is 4.55. The molecule has 1 atom stereocenters. The third kappa shape index (κ3) is 4.91. The van der Waals surface area contributed by atoms with E-state index in [1.54, 1.807) is 0 Å². The van der Waals surface area contributed by atoms with Crippen LogP contribution in [-0.4, -0.2) is 36.0 Å². The van der Waals surface area contributed by atoms with E-state index in [-0.39, 0.29) is 23.8 Å². The standard InChI is InChI=1S/C19H27N3O2/c1-2-6-18(23)22-13-10-16(11-14-22)19(24)21-17(9-12-20)15-7-4-3-5-8-15/h3-5,7-8,12,16-17,20H,2,6,9-11,13-14H2,1H3,(H,21,24). The van der Waals surface area contributed by atoms with Crippen molar-refractivity contribution >= 4 is 18.0 Å². The molecule has 24 heavy (non-hydrogen) atoms. The fraction of sp³-hybridized carbons (Fsp3) is 0.526. The Morgan fingerprint density at radius 1 is 1.29 bits per heavy atom. The number of carbonyl (C=O) groups is 2. The maximum atomic E-state index is 12.6. The first-order valence-corrected chi connectivity index (χ1v) is 8.77. The van der Waals surface area contributed by atoms with E-state index in [2.05, 4.69) is 5.32 Å². The quantitative estimate of drug-likeness (QED) is 0.755. The molecule has 0 spiro atoms. The number of nitrogens with one attached hydrogen (secondary N) is 2. The number of hydrogen-bond acceptors (Lipinski definition) is 3. The van der Waals surface area contributed by atoms with Crippen LogP contribution in [0.4, 0.5) is 0 Å². The van der Waals surface area contributed by atoms with E-state index in [0.717, 1.165) is 12.0 Å². The Balaban J connectivity index is 1.90. The molecule has 0 aliphatic carbocycles. The lowest BCUT2D eigenvalue weighted by atomic mass is 9.94. The fourth-order valence-electron chi connectivity index (χ4n) is 3.13. The van der Waals surface area contributed by atoms with Crippen molar-refractivity contribution in [3.63, 3.8) is 0 Å². The first-order chi connectivity index (χ1) is 11.7. The van der Waals surface area contributed by atoms with Crippen molar-refractivity contribution in [1.82, 2.24) is 10.2 Å². The zero-order valence-corrected chi connectivity index (χ0v) is 14.3. The van der Waals surface area contributed by atoms with Gasteiger partial charge in [0.2, 0.25) is 11.8 Å². The Bertz CT molecular complexity index is 551. The minimum Gasteiger partial charge on any atom is -0.349 e. The van der Waals surface area contributed by atoms with Gasteiger partial charge in [-0.2, -0.15) is 0 Å². The molecule has 0 aromatic heterocycles. The van der Waals surface area contributed by atoms with Crippen molar-refractivity contribution in [3.05, 3.63) is 35.9 Å². The summed E-state index contributed by atoms with van der Waals surface area (Å²) in [6.07, 6.45) is 4.71. The highest BCUT2D eigenvalue weighted by Crippen LogP contribution is 2.21. The van der Waals surface area contributed by atoms with Gasteiger partial charge in [0.05, 0.1) is 6.04 Å². The second-order valence-electron chi connectivity index (χ2n) is 6.32. The molecular weight excluding hydrogens is 302 g/mol. The molecule has 2 amide bonds. The summed E-state index contributed by atoms with van der Waals surface area (Å²) in [5.74, 6) is 0.184. The fourth-order valence-corrected chi connectivity index (χ4v) is 3.13. The SMILES string of the molecule is CCCC(=O)N1CCC(C(=O)NC(CC=N)c2ccccc2)CC1. The molecular formula is C19H27N3O2. The van der Waals surface area contributed by atoms with E-state index < -0.39 is 0 Å². The summed E-state index contributed by atoms with van der Waals surface area (Å²) in [5.41, 5.74) is 1.02. The van der Waals surface area contributed by atoms with Gasteiger partial charge in [-0.05, 0) is 31.0 Å². The molecule has 5 heteroatoms. The minimum absolute atomic E-state index is 0.0355. The third-order valence-corrected chi connectivity index (χ3v) is 4.55. The Hall–Kier alpha value is -2.17. The van der Waals surface area contributed by atoms with Crippen LogP contribution in [0.2, 0.25) is 0 Å². The van der Waals surface area contributed by atoms with E-state index in [1.165, 1.54) is 6.21 Å². The van der Waals surface area contributed by atoms with Gasteiger partial charge < -0.3 is 15.6 Å². The zero-order chi connectivity index (χ0) is 17.4. The van der Waals surface area contributed by atoms with Crippen molar-refractivity contribution in [1.29, 1.82) is 5.41 Å². The van der Waals surface area contributed by atoms with Crippen LogP contribution in [0.3, 0.4) is 0 Å².